The zero-order valence-corrected chi connectivity index (χ0v) is 11.6. The van der Waals surface area contributed by atoms with Crippen molar-refractivity contribution in [3.05, 3.63) is 0 Å². The highest BCUT2D eigenvalue weighted by Gasteiger charge is 2.46. The number of nitriles is 1. The third kappa shape index (κ3) is 4.29. The predicted molar refractivity (Wildman–Crippen MR) is 69.7 cm³/mol. The van der Waals surface area contributed by atoms with Crippen LogP contribution < -0.4 is 5.32 Å². The van der Waals surface area contributed by atoms with Gasteiger partial charge in [0.05, 0.1) is 18.8 Å². The number of rotatable bonds is 8. The van der Waals surface area contributed by atoms with Crippen LogP contribution in [0.2, 0.25) is 0 Å². The van der Waals surface area contributed by atoms with E-state index in [9.17, 15) is 5.26 Å². The predicted octanol–water partition coefficient (Wildman–Crippen LogP) is 2.86. The first kappa shape index (κ1) is 14.5. The summed E-state index contributed by atoms with van der Waals surface area (Å²) in [5, 5.41) is 12.9. The van der Waals surface area contributed by atoms with Crippen LogP contribution in [-0.2, 0) is 4.74 Å². The Morgan fingerprint density at radius 3 is 2.47 bits per heavy atom. The SMILES string of the molecule is CCCC(C)OCC(C#N)(NC(C)C)C1CC1. The number of nitrogens with zero attached hydrogens (tertiary/aromatic N) is 1. The Bertz CT molecular complexity index is 268. The molecular formula is C14H26N2O. The van der Waals surface area contributed by atoms with Gasteiger partial charge < -0.3 is 4.74 Å². The van der Waals surface area contributed by atoms with Crippen molar-refractivity contribution in [2.75, 3.05) is 6.61 Å². The smallest absolute Gasteiger partial charge is 0.133 e. The Balaban J connectivity index is 2.54. The molecule has 3 nitrogen and oxygen atoms in total. The lowest BCUT2D eigenvalue weighted by Crippen LogP contribution is -2.53. The summed E-state index contributed by atoms with van der Waals surface area (Å²) in [6.45, 7) is 8.94. The largest absolute Gasteiger partial charge is 0.375 e. The van der Waals surface area contributed by atoms with Gasteiger partial charge >= 0.3 is 0 Å². The quantitative estimate of drug-likeness (QED) is 0.707. The molecule has 0 spiro atoms. The van der Waals surface area contributed by atoms with Gasteiger partial charge in [0.2, 0.25) is 0 Å². The Labute approximate surface area is 106 Å². The first-order valence-electron chi connectivity index (χ1n) is 6.84. The molecule has 0 amide bonds. The third-order valence-electron chi connectivity index (χ3n) is 3.31. The van der Waals surface area contributed by atoms with E-state index in [1.807, 2.05) is 0 Å². The molecule has 2 unspecified atom stereocenters. The number of nitrogens with one attached hydrogen (secondary N) is 1. The van der Waals surface area contributed by atoms with Crippen LogP contribution in [0.5, 0.6) is 0 Å². The van der Waals surface area contributed by atoms with Gasteiger partial charge in [-0.05, 0) is 46.0 Å². The van der Waals surface area contributed by atoms with Crippen LogP contribution >= 0.6 is 0 Å². The van der Waals surface area contributed by atoms with E-state index in [4.69, 9.17) is 4.74 Å². The second kappa shape index (κ2) is 6.37. The molecule has 1 saturated carbocycles. The molecular weight excluding hydrogens is 212 g/mol. The standard InChI is InChI=1S/C14H26N2O/c1-5-6-12(4)17-10-14(9-15,13-7-8-13)16-11(2)3/h11-13,16H,5-8,10H2,1-4H3. The molecule has 1 aliphatic rings. The molecule has 17 heavy (non-hydrogen) atoms. The van der Waals surface area contributed by atoms with Crippen molar-refractivity contribution in [1.82, 2.24) is 5.32 Å². The van der Waals surface area contributed by atoms with Crippen molar-refractivity contribution < 1.29 is 4.74 Å². The summed E-state index contributed by atoms with van der Waals surface area (Å²) in [5.41, 5.74) is -0.462. The highest BCUT2D eigenvalue weighted by Crippen LogP contribution is 2.40. The summed E-state index contributed by atoms with van der Waals surface area (Å²) in [5.74, 6) is 0.476. The van der Waals surface area contributed by atoms with Gasteiger partial charge in [-0.15, -0.1) is 0 Å². The number of ether oxygens (including phenoxy) is 1. The molecule has 1 fully saturated rings. The molecule has 3 heteroatoms. The minimum absolute atomic E-state index is 0.250. The third-order valence-corrected chi connectivity index (χ3v) is 3.31. The van der Waals surface area contributed by atoms with E-state index < -0.39 is 5.54 Å². The van der Waals surface area contributed by atoms with Crippen molar-refractivity contribution in [3.63, 3.8) is 0 Å². The summed E-state index contributed by atoms with van der Waals surface area (Å²) in [4.78, 5) is 0. The lowest BCUT2D eigenvalue weighted by atomic mass is 9.95. The van der Waals surface area contributed by atoms with Crippen molar-refractivity contribution in [3.8, 4) is 6.07 Å². The molecule has 0 bridgehead atoms. The first-order chi connectivity index (χ1) is 8.04. The maximum atomic E-state index is 9.49. The Kier molecular flexibility index (Phi) is 5.42. The Morgan fingerprint density at radius 1 is 1.41 bits per heavy atom. The maximum Gasteiger partial charge on any atom is 0.133 e. The summed E-state index contributed by atoms with van der Waals surface area (Å²) >= 11 is 0. The zero-order valence-electron chi connectivity index (χ0n) is 11.6. The molecule has 0 radical (unpaired) electrons. The van der Waals surface area contributed by atoms with Gasteiger partial charge in [-0.1, -0.05) is 13.3 Å². The van der Waals surface area contributed by atoms with Crippen molar-refractivity contribution >= 4 is 0 Å². The molecule has 1 rings (SSSR count). The maximum absolute atomic E-state index is 9.49. The average molecular weight is 238 g/mol. The molecule has 2 atom stereocenters. The van der Waals surface area contributed by atoms with Gasteiger partial charge in [-0.3, -0.25) is 5.32 Å². The minimum Gasteiger partial charge on any atom is -0.375 e. The van der Waals surface area contributed by atoms with Crippen LogP contribution in [-0.4, -0.2) is 24.3 Å². The van der Waals surface area contributed by atoms with E-state index in [1.165, 1.54) is 0 Å². The molecule has 0 heterocycles. The second-order valence-corrected chi connectivity index (χ2v) is 5.57. The molecule has 0 aromatic heterocycles. The minimum atomic E-state index is -0.462. The molecule has 1 aliphatic carbocycles. The van der Waals surface area contributed by atoms with E-state index in [-0.39, 0.29) is 6.10 Å². The van der Waals surface area contributed by atoms with Gasteiger partial charge in [-0.2, -0.15) is 5.26 Å². The van der Waals surface area contributed by atoms with Gasteiger partial charge in [-0.25, -0.2) is 0 Å². The molecule has 98 valence electrons. The lowest BCUT2D eigenvalue weighted by molar-refractivity contribution is 0.0209. The molecule has 0 aliphatic heterocycles. The van der Waals surface area contributed by atoms with E-state index in [2.05, 4.69) is 39.1 Å². The van der Waals surface area contributed by atoms with Gasteiger partial charge in [0.1, 0.15) is 5.54 Å². The summed E-state index contributed by atoms with van der Waals surface area (Å²) in [7, 11) is 0. The fraction of sp³-hybridized carbons (Fsp3) is 0.929. The molecule has 0 aromatic carbocycles. The number of hydrogen-bond acceptors (Lipinski definition) is 3. The summed E-state index contributed by atoms with van der Waals surface area (Å²) in [6, 6.07) is 2.79. The average Bonchev–Trinajstić information content (AvgIpc) is 3.08. The molecule has 1 N–H and O–H groups in total. The number of hydrogen-bond donors (Lipinski definition) is 1. The van der Waals surface area contributed by atoms with Crippen molar-refractivity contribution in [2.24, 2.45) is 5.92 Å². The van der Waals surface area contributed by atoms with Crippen molar-refractivity contribution in [1.29, 1.82) is 5.26 Å². The van der Waals surface area contributed by atoms with Crippen LogP contribution in [0.15, 0.2) is 0 Å². The fourth-order valence-corrected chi connectivity index (χ4v) is 2.29. The van der Waals surface area contributed by atoms with Gasteiger partial charge in [0, 0.05) is 6.04 Å². The fourth-order valence-electron chi connectivity index (χ4n) is 2.29. The molecule has 0 aromatic rings. The van der Waals surface area contributed by atoms with Gasteiger partial charge in [0.25, 0.3) is 0 Å². The molecule has 0 saturated heterocycles. The van der Waals surface area contributed by atoms with Crippen molar-refractivity contribution in [2.45, 2.75) is 71.1 Å². The van der Waals surface area contributed by atoms with E-state index in [0.717, 1.165) is 25.7 Å². The lowest BCUT2D eigenvalue weighted by Gasteiger charge is -2.31. The first-order valence-corrected chi connectivity index (χ1v) is 6.84. The second-order valence-electron chi connectivity index (χ2n) is 5.57. The highest BCUT2D eigenvalue weighted by molar-refractivity contribution is 5.16. The van der Waals surface area contributed by atoms with Crippen LogP contribution in [0.1, 0.15) is 53.4 Å². The Morgan fingerprint density at radius 2 is 2.06 bits per heavy atom. The summed E-state index contributed by atoms with van der Waals surface area (Å²) < 4.78 is 5.86. The van der Waals surface area contributed by atoms with Gasteiger partial charge in [0.15, 0.2) is 0 Å². The van der Waals surface area contributed by atoms with Crippen LogP contribution in [0.4, 0.5) is 0 Å². The topological polar surface area (TPSA) is 45.0 Å². The summed E-state index contributed by atoms with van der Waals surface area (Å²) in [6.07, 6.45) is 4.74. The highest BCUT2D eigenvalue weighted by atomic mass is 16.5. The van der Waals surface area contributed by atoms with E-state index in [1.54, 1.807) is 0 Å². The Hall–Kier alpha value is -0.590. The zero-order chi connectivity index (χ0) is 12.9. The van der Waals surface area contributed by atoms with E-state index in [0.29, 0.717) is 18.6 Å². The normalized spacial score (nSPS) is 20.9. The van der Waals surface area contributed by atoms with Crippen LogP contribution in [0, 0.1) is 17.2 Å². The monoisotopic (exact) mass is 238 g/mol. The van der Waals surface area contributed by atoms with Crippen LogP contribution in [0.3, 0.4) is 0 Å². The van der Waals surface area contributed by atoms with E-state index >= 15 is 0 Å². The van der Waals surface area contributed by atoms with Crippen LogP contribution in [0.25, 0.3) is 0 Å².